The van der Waals surface area contributed by atoms with Crippen LogP contribution in [0.5, 0.6) is 0 Å². The van der Waals surface area contributed by atoms with Crippen LogP contribution in [0, 0.1) is 0 Å². The third-order valence-electron chi connectivity index (χ3n) is 4.13. The number of H-pyrrole nitrogens is 1. The third kappa shape index (κ3) is 2.98. The molecule has 0 aliphatic carbocycles. The number of aromatic nitrogens is 2. The van der Waals surface area contributed by atoms with Gasteiger partial charge < -0.3 is 5.32 Å². The molecule has 4 rings (SSSR count). The minimum atomic E-state index is -0.224. The Bertz CT molecular complexity index is 1150. The van der Waals surface area contributed by atoms with Gasteiger partial charge in [-0.05, 0) is 30.3 Å². The van der Waals surface area contributed by atoms with Crippen molar-refractivity contribution in [2.24, 2.45) is 0 Å². The van der Waals surface area contributed by atoms with Crippen molar-refractivity contribution < 1.29 is 4.79 Å². The molecule has 0 spiro atoms. The highest BCUT2D eigenvalue weighted by Crippen LogP contribution is 2.26. The van der Waals surface area contributed by atoms with Gasteiger partial charge in [-0.2, -0.15) is 5.10 Å². The van der Waals surface area contributed by atoms with Crippen molar-refractivity contribution in [3.05, 3.63) is 94.8 Å². The van der Waals surface area contributed by atoms with Crippen molar-refractivity contribution in [2.75, 3.05) is 5.32 Å². The number of benzene rings is 3. The molecule has 0 unspecified atom stereocenters. The maximum absolute atomic E-state index is 12.3. The number of carbonyl (C=O) groups is 1. The van der Waals surface area contributed by atoms with E-state index in [-0.39, 0.29) is 11.5 Å². The minimum absolute atomic E-state index is 0.179. The van der Waals surface area contributed by atoms with E-state index in [0.29, 0.717) is 22.3 Å². The van der Waals surface area contributed by atoms with Gasteiger partial charge in [0.1, 0.15) is 0 Å². The van der Waals surface area contributed by atoms with E-state index in [1.54, 1.807) is 18.2 Å². The topological polar surface area (TPSA) is 74.8 Å². The Balaban J connectivity index is 1.72. The molecule has 0 saturated carbocycles. The Morgan fingerprint density at radius 1 is 0.846 bits per heavy atom. The van der Waals surface area contributed by atoms with Crippen LogP contribution in [0.25, 0.3) is 22.0 Å². The summed E-state index contributed by atoms with van der Waals surface area (Å²) in [6, 6.07) is 23.7. The van der Waals surface area contributed by atoms with E-state index in [1.807, 2.05) is 60.7 Å². The highest BCUT2D eigenvalue weighted by Gasteiger charge is 2.10. The first-order chi connectivity index (χ1) is 12.7. The zero-order valence-corrected chi connectivity index (χ0v) is 13.8. The van der Waals surface area contributed by atoms with Crippen LogP contribution in [0.2, 0.25) is 0 Å². The average molecular weight is 341 g/mol. The number of carbonyl (C=O) groups excluding carboxylic acids is 1. The first-order valence-corrected chi connectivity index (χ1v) is 8.16. The van der Waals surface area contributed by atoms with Crippen LogP contribution in [0.3, 0.4) is 0 Å². The molecular weight excluding hydrogens is 326 g/mol. The van der Waals surface area contributed by atoms with E-state index in [9.17, 15) is 9.59 Å². The summed E-state index contributed by atoms with van der Waals surface area (Å²) < 4.78 is 0. The van der Waals surface area contributed by atoms with Gasteiger partial charge in [-0.3, -0.25) is 9.59 Å². The van der Waals surface area contributed by atoms with E-state index in [4.69, 9.17) is 0 Å². The summed E-state index contributed by atoms with van der Waals surface area (Å²) in [5.74, 6) is -0.179. The van der Waals surface area contributed by atoms with Gasteiger partial charge in [0.15, 0.2) is 0 Å². The number of nitrogens with one attached hydrogen (secondary N) is 2. The van der Waals surface area contributed by atoms with Crippen molar-refractivity contribution in [3.8, 4) is 11.3 Å². The fourth-order valence-electron chi connectivity index (χ4n) is 2.87. The molecule has 126 valence electrons. The van der Waals surface area contributed by atoms with Crippen molar-refractivity contribution >= 4 is 22.4 Å². The van der Waals surface area contributed by atoms with Gasteiger partial charge >= 0.3 is 0 Å². The Labute approximate surface area is 149 Å². The molecule has 5 heteroatoms. The second-order valence-corrected chi connectivity index (χ2v) is 5.85. The van der Waals surface area contributed by atoms with Crippen LogP contribution in [-0.4, -0.2) is 16.1 Å². The first-order valence-electron chi connectivity index (χ1n) is 8.16. The zero-order chi connectivity index (χ0) is 17.9. The normalized spacial score (nSPS) is 10.6. The molecular formula is C21H15N3O2. The van der Waals surface area contributed by atoms with Gasteiger partial charge in [0.2, 0.25) is 0 Å². The monoisotopic (exact) mass is 341 g/mol. The molecule has 26 heavy (non-hydrogen) atoms. The van der Waals surface area contributed by atoms with Crippen LogP contribution < -0.4 is 10.9 Å². The zero-order valence-electron chi connectivity index (χ0n) is 13.8. The fraction of sp³-hybridized carbons (Fsp3) is 0. The van der Waals surface area contributed by atoms with Crippen LogP contribution in [0.1, 0.15) is 10.4 Å². The number of fused-ring (bicyclic) bond motifs is 1. The number of anilines is 1. The molecule has 0 aliphatic rings. The summed E-state index contributed by atoms with van der Waals surface area (Å²) >= 11 is 0. The largest absolute Gasteiger partial charge is 0.322 e. The summed E-state index contributed by atoms with van der Waals surface area (Å²) in [5.41, 5.74) is 2.50. The van der Waals surface area contributed by atoms with E-state index < -0.39 is 0 Å². The summed E-state index contributed by atoms with van der Waals surface area (Å²) in [4.78, 5) is 24.3. The Kier molecular flexibility index (Phi) is 4.03. The lowest BCUT2D eigenvalue weighted by molar-refractivity contribution is 0.102. The number of nitrogens with zero attached hydrogens (tertiary/aromatic N) is 1. The first kappa shape index (κ1) is 15.8. The predicted molar refractivity (Wildman–Crippen MR) is 102 cm³/mol. The highest BCUT2D eigenvalue weighted by molar-refractivity contribution is 6.04. The molecule has 1 aromatic heterocycles. The Morgan fingerprint density at radius 3 is 2.38 bits per heavy atom. The lowest BCUT2D eigenvalue weighted by Gasteiger charge is -2.09. The molecule has 4 aromatic rings. The van der Waals surface area contributed by atoms with Crippen molar-refractivity contribution in [1.82, 2.24) is 10.2 Å². The quantitative estimate of drug-likeness (QED) is 0.594. The highest BCUT2D eigenvalue weighted by atomic mass is 16.1. The number of amides is 1. The number of hydrogen-bond acceptors (Lipinski definition) is 3. The second-order valence-electron chi connectivity index (χ2n) is 5.85. The molecule has 2 N–H and O–H groups in total. The lowest BCUT2D eigenvalue weighted by Crippen LogP contribution is -2.12. The SMILES string of the molecule is O=C(Nc1cccc(-c2n[nH]c(=O)c3ccccc23)c1)c1ccccc1. The number of hydrogen-bond donors (Lipinski definition) is 2. The predicted octanol–water partition coefficient (Wildman–Crippen LogP) is 3.84. The van der Waals surface area contributed by atoms with Gasteiger partial charge in [-0.25, -0.2) is 5.10 Å². The van der Waals surface area contributed by atoms with Crippen LogP contribution >= 0.6 is 0 Å². The molecule has 0 saturated heterocycles. The van der Waals surface area contributed by atoms with Crippen molar-refractivity contribution in [1.29, 1.82) is 0 Å². The lowest BCUT2D eigenvalue weighted by atomic mass is 10.0. The summed E-state index contributed by atoms with van der Waals surface area (Å²) in [7, 11) is 0. The van der Waals surface area contributed by atoms with Gasteiger partial charge in [-0.1, -0.05) is 48.5 Å². The molecule has 0 radical (unpaired) electrons. The summed E-state index contributed by atoms with van der Waals surface area (Å²) in [6.45, 7) is 0. The number of rotatable bonds is 3. The van der Waals surface area contributed by atoms with E-state index in [0.717, 1.165) is 10.9 Å². The van der Waals surface area contributed by atoms with E-state index >= 15 is 0 Å². The summed E-state index contributed by atoms with van der Waals surface area (Å²) in [5, 5.41) is 11.0. The Morgan fingerprint density at radius 2 is 1.58 bits per heavy atom. The molecule has 0 fully saturated rings. The van der Waals surface area contributed by atoms with Crippen molar-refractivity contribution in [3.63, 3.8) is 0 Å². The van der Waals surface area contributed by atoms with Gasteiger partial charge in [0, 0.05) is 22.2 Å². The van der Waals surface area contributed by atoms with Crippen LogP contribution in [0.15, 0.2) is 83.7 Å². The smallest absolute Gasteiger partial charge is 0.272 e. The summed E-state index contributed by atoms with van der Waals surface area (Å²) in [6.07, 6.45) is 0. The van der Waals surface area contributed by atoms with E-state index in [1.165, 1.54) is 0 Å². The maximum atomic E-state index is 12.3. The van der Waals surface area contributed by atoms with Crippen LogP contribution in [0.4, 0.5) is 5.69 Å². The second kappa shape index (κ2) is 6.64. The standard InChI is InChI=1S/C21H15N3O2/c25-20(14-7-2-1-3-8-14)22-16-10-6-9-15(13-16)19-17-11-4-5-12-18(17)21(26)24-23-19/h1-13H,(H,22,25)(H,24,26). The third-order valence-corrected chi connectivity index (χ3v) is 4.13. The van der Waals surface area contributed by atoms with Crippen molar-refractivity contribution in [2.45, 2.75) is 0 Å². The minimum Gasteiger partial charge on any atom is -0.322 e. The fourth-order valence-corrected chi connectivity index (χ4v) is 2.87. The molecule has 0 bridgehead atoms. The van der Waals surface area contributed by atoms with E-state index in [2.05, 4.69) is 15.5 Å². The maximum Gasteiger partial charge on any atom is 0.272 e. The molecule has 0 aliphatic heterocycles. The molecule has 1 amide bonds. The van der Waals surface area contributed by atoms with Crippen LogP contribution in [-0.2, 0) is 0 Å². The van der Waals surface area contributed by atoms with Gasteiger partial charge in [-0.15, -0.1) is 0 Å². The molecule has 5 nitrogen and oxygen atoms in total. The molecule has 1 heterocycles. The molecule has 3 aromatic carbocycles. The average Bonchev–Trinajstić information content (AvgIpc) is 2.69. The molecule has 0 atom stereocenters. The Hall–Kier alpha value is -3.73. The number of aromatic amines is 1. The van der Waals surface area contributed by atoms with Gasteiger partial charge in [0.25, 0.3) is 11.5 Å². The van der Waals surface area contributed by atoms with Gasteiger partial charge in [0.05, 0.1) is 11.1 Å².